The summed E-state index contributed by atoms with van der Waals surface area (Å²) in [7, 11) is 0. The van der Waals surface area contributed by atoms with E-state index in [1.54, 1.807) is 24.3 Å². The van der Waals surface area contributed by atoms with Crippen LogP contribution in [0.4, 0.5) is 13.2 Å². The van der Waals surface area contributed by atoms with Crippen molar-refractivity contribution in [2.75, 3.05) is 0 Å². The minimum atomic E-state index is -4.76. The molecule has 1 unspecified atom stereocenters. The van der Waals surface area contributed by atoms with Crippen molar-refractivity contribution in [1.29, 1.82) is 0 Å². The van der Waals surface area contributed by atoms with Gasteiger partial charge >= 0.3 is 12.1 Å². The third-order valence-electron chi connectivity index (χ3n) is 3.98. The molecular formula is C20H15F3O3. The maximum atomic E-state index is 13.4. The van der Waals surface area contributed by atoms with Gasteiger partial charge in [0.15, 0.2) is 0 Å². The molecular weight excluding hydrogens is 345 g/mol. The summed E-state index contributed by atoms with van der Waals surface area (Å²) in [4.78, 5) is 11.6. The summed E-state index contributed by atoms with van der Waals surface area (Å²) >= 11 is 0. The molecule has 26 heavy (non-hydrogen) atoms. The fourth-order valence-electron chi connectivity index (χ4n) is 2.70. The maximum absolute atomic E-state index is 13.4. The van der Waals surface area contributed by atoms with Gasteiger partial charge in [0.1, 0.15) is 5.75 Å². The number of phenolic OH excluding ortho intramolecular Hbond substituents is 1. The topological polar surface area (TPSA) is 46.5 Å². The Bertz CT molecular complexity index is 1020. The average molecular weight is 360 g/mol. The third kappa shape index (κ3) is 3.49. The van der Waals surface area contributed by atoms with E-state index in [0.29, 0.717) is 10.8 Å². The summed E-state index contributed by atoms with van der Waals surface area (Å²) in [5.74, 6) is -1.03. The van der Waals surface area contributed by atoms with E-state index in [4.69, 9.17) is 0 Å². The molecule has 0 aliphatic heterocycles. The SMILES string of the molecule is C=C(C)C(=O)OC(c1ccc2cc3ccc(O)cc3cc2c1)C(F)(F)F. The number of halogens is 3. The number of carbonyl (C=O) groups is 1. The summed E-state index contributed by atoms with van der Waals surface area (Å²) < 4.78 is 44.8. The van der Waals surface area contributed by atoms with Gasteiger partial charge in [0, 0.05) is 11.1 Å². The zero-order valence-electron chi connectivity index (χ0n) is 13.8. The molecule has 0 heterocycles. The Labute approximate surface area is 147 Å². The molecule has 1 atom stereocenters. The molecule has 134 valence electrons. The van der Waals surface area contributed by atoms with Crippen molar-refractivity contribution < 1.29 is 27.8 Å². The van der Waals surface area contributed by atoms with Gasteiger partial charge in [-0.15, -0.1) is 0 Å². The molecule has 0 aliphatic rings. The van der Waals surface area contributed by atoms with Crippen LogP contribution in [0, 0.1) is 0 Å². The lowest BCUT2D eigenvalue weighted by Gasteiger charge is -2.21. The second-order valence-corrected chi connectivity index (χ2v) is 6.10. The highest BCUT2D eigenvalue weighted by Gasteiger charge is 2.44. The number of rotatable bonds is 3. The Hall–Kier alpha value is -3.02. The highest BCUT2D eigenvalue weighted by molar-refractivity contribution is 5.99. The van der Waals surface area contributed by atoms with Gasteiger partial charge in [-0.05, 0) is 58.8 Å². The van der Waals surface area contributed by atoms with Crippen molar-refractivity contribution in [2.45, 2.75) is 19.2 Å². The molecule has 0 saturated carbocycles. The predicted octanol–water partition coefficient (Wildman–Crippen LogP) is 5.42. The molecule has 3 nitrogen and oxygen atoms in total. The Morgan fingerprint density at radius 1 is 1.00 bits per heavy atom. The van der Waals surface area contributed by atoms with E-state index in [0.717, 1.165) is 10.8 Å². The fraction of sp³-hybridized carbons (Fsp3) is 0.150. The summed E-state index contributed by atoms with van der Waals surface area (Å²) in [5.41, 5.74) is -0.291. The lowest BCUT2D eigenvalue weighted by molar-refractivity contribution is -0.221. The van der Waals surface area contributed by atoms with Crippen LogP contribution in [0.1, 0.15) is 18.6 Å². The van der Waals surface area contributed by atoms with E-state index in [2.05, 4.69) is 11.3 Å². The standard InChI is InChI=1S/C20H15F3O3/c1-11(2)19(25)26-18(20(21,22)23)14-4-3-12-7-13-5-6-17(24)10-16(13)9-15(12)8-14/h3-10,18,24H,1H2,2H3. The number of carbonyl (C=O) groups excluding carboxylic acids is 1. The van der Waals surface area contributed by atoms with Crippen LogP contribution in [0.3, 0.4) is 0 Å². The Morgan fingerprint density at radius 2 is 1.58 bits per heavy atom. The van der Waals surface area contributed by atoms with Crippen LogP contribution in [0.25, 0.3) is 21.5 Å². The predicted molar refractivity (Wildman–Crippen MR) is 92.8 cm³/mol. The van der Waals surface area contributed by atoms with Gasteiger partial charge in [0.05, 0.1) is 0 Å². The molecule has 0 aliphatic carbocycles. The molecule has 0 saturated heterocycles. The highest BCUT2D eigenvalue weighted by atomic mass is 19.4. The van der Waals surface area contributed by atoms with Crippen LogP contribution in [-0.2, 0) is 9.53 Å². The first-order valence-corrected chi connectivity index (χ1v) is 7.75. The molecule has 0 fully saturated rings. The van der Waals surface area contributed by atoms with Gasteiger partial charge in [-0.25, -0.2) is 4.79 Å². The van der Waals surface area contributed by atoms with Crippen molar-refractivity contribution in [3.05, 3.63) is 66.2 Å². The largest absolute Gasteiger partial charge is 0.508 e. The molecule has 0 bridgehead atoms. The van der Waals surface area contributed by atoms with E-state index in [9.17, 15) is 23.1 Å². The lowest BCUT2D eigenvalue weighted by atomic mass is 9.99. The summed E-state index contributed by atoms with van der Waals surface area (Å²) in [6.45, 7) is 4.60. The third-order valence-corrected chi connectivity index (χ3v) is 3.98. The number of benzene rings is 3. The van der Waals surface area contributed by atoms with Crippen LogP contribution in [0.5, 0.6) is 5.75 Å². The normalized spacial score (nSPS) is 12.9. The molecule has 0 amide bonds. The van der Waals surface area contributed by atoms with Crippen molar-refractivity contribution in [2.24, 2.45) is 0 Å². The minimum Gasteiger partial charge on any atom is -0.508 e. The van der Waals surface area contributed by atoms with Crippen molar-refractivity contribution >= 4 is 27.5 Å². The monoisotopic (exact) mass is 360 g/mol. The quantitative estimate of drug-likeness (QED) is 0.385. The van der Waals surface area contributed by atoms with E-state index in [1.165, 1.54) is 25.1 Å². The van der Waals surface area contributed by atoms with Crippen LogP contribution < -0.4 is 0 Å². The number of hydrogen-bond acceptors (Lipinski definition) is 3. The first-order chi connectivity index (χ1) is 12.1. The molecule has 6 heteroatoms. The van der Waals surface area contributed by atoms with Gasteiger partial charge < -0.3 is 9.84 Å². The molecule has 1 N–H and O–H groups in total. The fourth-order valence-corrected chi connectivity index (χ4v) is 2.70. The van der Waals surface area contributed by atoms with Gasteiger partial charge in [-0.3, -0.25) is 0 Å². The zero-order valence-corrected chi connectivity index (χ0v) is 13.8. The number of aromatic hydroxyl groups is 1. The number of esters is 1. The smallest absolute Gasteiger partial charge is 0.429 e. The maximum Gasteiger partial charge on any atom is 0.429 e. The second kappa shape index (κ2) is 6.37. The van der Waals surface area contributed by atoms with Crippen molar-refractivity contribution in [3.63, 3.8) is 0 Å². The molecule has 0 radical (unpaired) electrons. The number of phenols is 1. The zero-order chi connectivity index (χ0) is 19.1. The van der Waals surface area contributed by atoms with E-state index < -0.39 is 18.2 Å². The summed E-state index contributed by atoms with van der Waals surface area (Å²) in [6, 6.07) is 12.5. The van der Waals surface area contributed by atoms with Crippen LogP contribution in [0.2, 0.25) is 0 Å². The first kappa shape index (κ1) is 17.8. The number of hydrogen-bond donors (Lipinski definition) is 1. The molecule has 3 aromatic carbocycles. The first-order valence-electron chi connectivity index (χ1n) is 7.75. The van der Waals surface area contributed by atoms with E-state index >= 15 is 0 Å². The number of ether oxygens (including phenoxy) is 1. The molecule has 3 aromatic rings. The Balaban J connectivity index is 2.11. The number of alkyl halides is 3. The lowest BCUT2D eigenvalue weighted by Crippen LogP contribution is -2.26. The summed E-state index contributed by atoms with van der Waals surface area (Å²) in [6.07, 6.45) is -7.13. The van der Waals surface area contributed by atoms with Crippen molar-refractivity contribution in [1.82, 2.24) is 0 Å². The molecule has 0 aromatic heterocycles. The van der Waals surface area contributed by atoms with Crippen LogP contribution >= 0.6 is 0 Å². The summed E-state index contributed by atoms with van der Waals surface area (Å²) in [5, 5.41) is 12.4. The number of fused-ring (bicyclic) bond motifs is 2. The average Bonchev–Trinajstić information content (AvgIpc) is 2.56. The second-order valence-electron chi connectivity index (χ2n) is 6.10. The van der Waals surface area contributed by atoms with Gasteiger partial charge in [-0.2, -0.15) is 13.2 Å². The minimum absolute atomic E-state index is 0.0663. The Kier molecular flexibility index (Phi) is 4.36. The highest BCUT2D eigenvalue weighted by Crippen LogP contribution is 2.38. The Morgan fingerprint density at radius 3 is 2.19 bits per heavy atom. The van der Waals surface area contributed by atoms with Crippen LogP contribution in [0.15, 0.2) is 60.7 Å². The van der Waals surface area contributed by atoms with Crippen LogP contribution in [-0.4, -0.2) is 17.3 Å². The van der Waals surface area contributed by atoms with Gasteiger partial charge in [0.25, 0.3) is 0 Å². The molecule has 0 spiro atoms. The van der Waals surface area contributed by atoms with E-state index in [-0.39, 0.29) is 16.9 Å². The van der Waals surface area contributed by atoms with Crippen molar-refractivity contribution in [3.8, 4) is 5.75 Å². The van der Waals surface area contributed by atoms with Gasteiger partial charge in [-0.1, -0.05) is 24.8 Å². The van der Waals surface area contributed by atoms with Gasteiger partial charge in [0.2, 0.25) is 6.10 Å². The van der Waals surface area contributed by atoms with E-state index in [1.807, 2.05) is 6.07 Å². The molecule has 3 rings (SSSR count).